The van der Waals surface area contributed by atoms with Crippen molar-refractivity contribution in [2.45, 2.75) is 45.8 Å². The summed E-state index contributed by atoms with van der Waals surface area (Å²) in [4.78, 5) is 2.50. The van der Waals surface area contributed by atoms with Crippen LogP contribution in [0.5, 0.6) is 0 Å². The molecule has 0 aliphatic carbocycles. The van der Waals surface area contributed by atoms with Gasteiger partial charge in [0, 0.05) is 31.7 Å². The van der Waals surface area contributed by atoms with Crippen LogP contribution in [-0.2, 0) is 6.54 Å². The second kappa shape index (κ2) is 7.13. The maximum atomic E-state index is 6.31. The van der Waals surface area contributed by atoms with Gasteiger partial charge < -0.3 is 5.32 Å². The summed E-state index contributed by atoms with van der Waals surface area (Å²) in [5, 5.41) is 5.00. The van der Waals surface area contributed by atoms with E-state index in [1.165, 1.54) is 6.42 Å². The number of halogens is 2. The Kier molecular flexibility index (Phi) is 5.74. The molecular formula is C16H24Cl2N2. The van der Waals surface area contributed by atoms with Crippen LogP contribution in [0.25, 0.3) is 0 Å². The standard InChI is InChI=1S/C16H24Cl2N2/c1-4-11(2)15-10-20(12(3)8-19-15)9-13-6-5-7-14(17)16(13)18/h5-7,11-12,15,19H,4,8-10H2,1-3H3. The first kappa shape index (κ1) is 16.1. The van der Waals surface area contributed by atoms with Gasteiger partial charge in [-0.3, -0.25) is 4.90 Å². The van der Waals surface area contributed by atoms with Crippen LogP contribution in [0, 0.1) is 5.92 Å². The van der Waals surface area contributed by atoms with Gasteiger partial charge in [0.15, 0.2) is 0 Å². The maximum absolute atomic E-state index is 6.31. The molecule has 1 fully saturated rings. The average molecular weight is 315 g/mol. The van der Waals surface area contributed by atoms with Crippen LogP contribution in [0.1, 0.15) is 32.8 Å². The van der Waals surface area contributed by atoms with Crippen molar-refractivity contribution in [2.75, 3.05) is 13.1 Å². The highest BCUT2D eigenvalue weighted by Crippen LogP contribution is 2.27. The van der Waals surface area contributed by atoms with Crippen molar-refractivity contribution in [1.29, 1.82) is 0 Å². The van der Waals surface area contributed by atoms with E-state index in [0.717, 1.165) is 25.2 Å². The summed E-state index contributed by atoms with van der Waals surface area (Å²) in [7, 11) is 0. The first-order chi connectivity index (χ1) is 9.52. The summed E-state index contributed by atoms with van der Waals surface area (Å²) in [6.45, 7) is 9.81. The number of nitrogens with one attached hydrogen (secondary N) is 1. The van der Waals surface area contributed by atoms with E-state index >= 15 is 0 Å². The highest BCUT2D eigenvalue weighted by atomic mass is 35.5. The van der Waals surface area contributed by atoms with E-state index in [4.69, 9.17) is 23.2 Å². The Bertz CT molecular complexity index is 450. The number of hydrogen-bond acceptors (Lipinski definition) is 2. The summed E-state index contributed by atoms with van der Waals surface area (Å²) in [6, 6.07) is 6.97. The Morgan fingerprint density at radius 3 is 2.85 bits per heavy atom. The Labute approximate surface area is 132 Å². The Balaban J connectivity index is 2.08. The quantitative estimate of drug-likeness (QED) is 0.896. The second-order valence-corrected chi connectivity index (χ2v) is 6.68. The molecule has 4 heteroatoms. The molecule has 0 aromatic heterocycles. The minimum absolute atomic E-state index is 0.519. The van der Waals surface area contributed by atoms with Gasteiger partial charge >= 0.3 is 0 Å². The third kappa shape index (κ3) is 3.67. The number of piperazine rings is 1. The van der Waals surface area contributed by atoms with E-state index in [0.29, 0.717) is 28.0 Å². The lowest BCUT2D eigenvalue weighted by molar-refractivity contribution is 0.112. The largest absolute Gasteiger partial charge is 0.311 e. The topological polar surface area (TPSA) is 15.3 Å². The molecule has 112 valence electrons. The summed E-state index contributed by atoms with van der Waals surface area (Å²) >= 11 is 12.4. The maximum Gasteiger partial charge on any atom is 0.0637 e. The highest BCUT2D eigenvalue weighted by molar-refractivity contribution is 6.42. The van der Waals surface area contributed by atoms with Crippen molar-refractivity contribution in [1.82, 2.24) is 10.2 Å². The molecule has 2 nitrogen and oxygen atoms in total. The van der Waals surface area contributed by atoms with Crippen molar-refractivity contribution < 1.29 is 0 Å². The summed E-state index contributed by atoms with van der Waals surface area (Å²) < 4.78 is 0. The molecule has 0 spiro atoms. The molecule has 1 aliphatic rings. The Morgan fingerprint density at radius 2 is 2.15 bits per heavy atom. The zero-order valence-corrected chi connectivity index (χ0v) is 14.0. The zero-order valence-electron chi connectivity index (χ0n) is 12.5. The van der Waals surface area contributed by atoms with E-state index in [1.807, 2.05) is 12.1 Å². The van der Waals surface area contributed by atoms with Crippen LogP contribution in [0.3, 0.4) is 0 Å². The molecule has 3 unspecified atom stereocenters. The van der Waals surface area contributed by atoms with Crippen LogP contribution in [0.2, 0.25) is 10.0 Å². The SMILES string of the molecule is CCC(C)C1CN(Cc2cccc(Cl)c2Cl)C(C)CN1. The molecule has 1 aromatic rings. The van der Waals surface area contributed by atoms with E-state index in [2.05, 4.69) is 37.1 Å². The molecule has 1 aromatic carbocycles. The van der Waals surface area contributed by atoms with Gasteiger partial charge in [0.1, 0.15) is 0 Å². The first-order valence-electron chi connectivity index (χ1n) is 7.43. The molecule has 0 saturated carbocycles. The van der Waals surface area contributed by atoms with E-state index in [1.54, 1.807) is 0 Å². The molecule has 0 bridgehead atoms. The summed E-state index contributed by atoms with van der Waals surface area (Å²) in [5.41, 5.74) is 1.12. The molecular weight excluding hydrogens is 291 g/mol. The van der Waals surface area contributed by atoms with Crippen molar-refractivity contribution in [2.24, 2.45) is 5.92 Å². The molecule has 1 heterocycles. The van der Waals surface area contributed by atoms with Crippen LogP contribution in [0.15, 0.2) is 18.2 Å². The van der Waals surface area contributed by atoms with Gasteiger partial charge in [0.2, 0.25) is 0 Å². The molecule has 1 saturated heterocycles. The van der Waals surface area contributed by atoms with Crippen LogP contribution < -0.4 is 5.32 Å². The third-order valence-corrected chi connectivity index (χ3v) is 5.32. The lowest BCUT2D eigenvalue weighted by Gasteiger charge is -2.41. The number of rotatable bonds is 4. The van der Waals surface area contributed by atoms with Crippen molar-refractivity contribution in [3.63, 3.8) is 0 Å². The second-order valence-electron chi connectivity index (χ2n) is 5.89. The number of hydrogen-bond donors (Lipinski definition) is 1. The minimum Gasteiger partial charge on any atom is -0.311 e. The normalized spacial score (nSPS) is 25.6. The summed E-state index contributed by atoms with van der Waals surface area (Å²) in [5.74, 6) is 0.694. The Hall–Kier alpha value is -0.280. The van der Waals surface area contributed by atoms with Gasteiger partial charge in [0.25, 0.3) is 0 Å². The number of nitrogens with zero attached hydrogens (tertiary/aromatic N) is 1. The monoisotopic (exact) mass is 314 g/mol. The third-order valence-electron chi connectivity index (χ3n) is 4.47. The molecule has 2 rings (SSSR count). The van der Waals surface area contributed by atoms with E-state index in [9.17, 15) is 0 Å². The van der Waals surface area contributed by atoms with E-state index in [-0.39, 0.29) is 0 Å². The number of benzene rings is 1. The van der Waals surface area contributed by atoms with Gasteiger partial charge in [-0.1, -0.05) is 55.6 Å². The highest BCUT2D eigenvalue weighted by Gasteiger charge is 2.28. The minimum atomic E-state index is 0.519. The zero-order chi connectivity index (χ0) is 14.7. The van der Waals surface area contributed by atoms with E-state index < -0.39 is 0 Å². The van der Waals surface area contributed by atoms with Crippen LogP contribution >= 0.6 is 23.2 Å². The van der Waals surface area contributed by atoms with Gasteiger partial charge in [-0.2, -0.15) is 0 Å². The molecule has 0 radical (unpaired) electrons. The van der Waals surface area contributed by atoms with Crippen LogP contribution in [0.4, 0.5) is 0 Å². The average Bonchev–Trinajstić information content (AvgIpc) is 2.45. The van der Waals surface area contributed by atoms with Gasteiger partial charge in [0.05, 0.1) is 10.0 Å². The fourth-order valence-corrected chi connectivity index (χ4v) is 3.10. The van der Waals surface area contributed by atoms with Crippen molar-refractivity contribution in [3.05, 3.63) is 33.8 Å². The molecule has 1 aliphatic heterocycles. The lowest BCUT2D eigenvalue weighted by Crippen LogP contribution is -2.56. The lowest BCUT2D eigenvalue weighted by atomic mass is 9.95. The van der Waals surface area contributed by atoms with Crippen molar-refractivity contribution in [3.8, 4) is 0 Å². The van der Waals surface area contributed by atoms with Gasteiger partial charge in [-0.15, -0.1) is 0 Å². The smallest absolute Gasteiger partial charge is 0.0637 e. The predicted octanol–water partition coefficient (Wildman–Crippen LogP) is 4.20. The first-order valence-corrected chi connectivity index (χ1v) is 8.18. The molecule has 20 heavy (non-hydrogen) atoms. The van der Waals surface area contributed by atoms with Gasteiger partial charge in [-0.25, -0.2) is 0 Å². The fourth-order valence-electron chi connectivity index (χ4n) is 2.72. The van der Waals surface area contributed by atoms with Crippen LogP contribution in [-0.4, -0.2) is 30.1 Å². The molecule has 3 atom stereocenters. The molecule has 1 N–H and O–H groups in total. The summed E-state index contributed by atoms with van der Waals surface area (Å²) in [6.07, 6.45) is 1.21. The van der Waals surface area contributed by atoms with Crippen molar-refractivity contribution >= 4 is 23.2 Å². The fraction of sp³-hybridized carbons (Fsp3) is 0.625. The Morgan fingerprint density at radius 1 is 1.40 bits per heavy atom. The predicted molar refractivity (Wildman–Crippen MR) is 87.6 cm³/mol. The van der Waals surface area contributed by atoms with Gasteiger partial charge in [-0.05, 0) is 24.5 Å². The molecule has 0 amide bonds.